The van der Waals surface area contributed by atoms with Crippen molar-refractivity contribution in [3.63, 3.8) is 0 Å². The molecule has 1 heterocycles. The van der Waals surface area contributed by atoms with E-state index in [1.54, 1.807) is 0 Å². The SMILES string of the molecule is CC1=CC(=C/C=C/CC(C)(C)c2ccccc2Nc2ccccc2)C=C(C)O1. The first-order chi connectivity index (χ1) is 13.4. The Hall–Kier alpha value is -3.00. The summed E-state index contributed by atoms with van der Waals surface area (Å²) in [6, 6.07) is 18.9. The van der Waals surface area contributed by atoms with Crippen LogP contribution in [-0.4, -0.2) is 0 Å². The van der Waals surface area contributed by atoms with Crippen LogP contribution in [-0.2, 0) is 10.2 Å². The Morgan fingerprint density at radius 3 is 2.25 bits per heavy atom. The zero-order chi connectivity index (χ0) is 20.0. The van der Waals surface area contributed by atoms with E-state index in [1.807, 2.05) is 19.9 Å². The largest absolute Gasteiger partial charge is 0.467 e. The molecule has 0 saturated heterocycles. The van der Waals surface area contributed by atoms with E-state index in [-0.39, 0.29) is 5.41 Å². The number of hydrogen-bond donors (Lipinski definition) is 1. The first-order valence-corrected chi connectivity index (χ1v) is 9.77. The predicted octanol–water partition coefficient (Wildman–Crippen LogP) is 7.42. The lowest BCUT2D eigenvalue weighted by Gasteiger charge is -2.27. The lowest BCUT2D eigenvalue weighted by atomic mass is 9.80. The summed E-state index contributed by atoms with van der Waals surface area (Å²) in [5, 5.41) is 3.57. The van der Waals surface area contributed by atoms with Crippen molar-refractivity contribution in [1.29, 1.82) is 0 Å². The highest BCUT2D eigenvalue weighted by Crippen LogP contribution is 2.34. The number of nitrogens with one attached hydrogen (secondary N) is 1. The number of rotatable bonds is 6. The Kier molecular flexibility index (Phi) is 6.20. The molecule has 1 N–H and O–H groups in total. The second-order valence-electron chi connectivity index (χ2n) is 7.83. The zero-order valence-corrected chi connectivity index (χ0v) is 17.2. The van der Waals surface area contributed by atoms with Gasteiger partial charge < -0.3 is 10.1 Å². The Morgan fingerprint density at radius 1 is 0.893 bits per heavy atom. The molecule has 2 heteroatoms. The van der Waals surface area contributed by atoms with Crippen molar-refractivity contribution >= 4 is 11.4 Å². The van der Waals surface area contributed by atoms with Crippen LogP contribution >= 0.6 is 0 Å². The van der Waals surface area contributed by atoms with Crippen LogP contribution in [0, 0.1) is 0 Å². The summed E-state index contributed by atoms with van der Waals surface area (Å²) in [5.41, 5.74) is 4.76. The monoisotopic (exact) mass is 371 g/mol. The molecule has 2 aromatic carbocycles. The molecule has 0 unspecified atom stereocenters. The van der Waals surface area contributed by atoms with Crippen LogP contribution in [0.1, 0.15) is 39.7 Å². The highest BCUT2D eigenvalue weighted by molar-refractivity contribution is 5.64. The smallest absolute Gasteiger partial charge is 0.101 e. The van der Waals surface area contributed by atoms with E-state index >= 15 is 0 Å². The second kappa shape index (κ2) is 8.79. The van der Waals surface area contributed by atoms with Crippen molar-refractivity contribution in [3.05, 3.63) is 108 Å². The molecule has 0 aliphatic carbocycles. The molecule has 0 aromatic heterocycles. The lowest BCUT2D eigenvalue weighted by Crippen LogP contribution is -2.17. The van der Waals surface area contributed by atoms with Crippen molar-refractivity contribution in [1.82, 2.24) is 0 Å². The van der Waals surface area contributed by atoms with Gasteiger partial charge in [-0.3, -0.25) is 0 Å². The van der Waals surface area contributed by atoms with Crippen molar-refractivity contribution < 1.29 is 4.74 Å². The first kappa shape index (κ1) is 19.8. The molecule has 0 spiro atoms. The third-order valence-corrected chi connectivity index (χ3v) is 4.82. The van der Waals surface area contributed by atoms with Crippen LogP contribution in [0.25, 0.3) is 0 Å². The highest BCUT2D eigenvalue weighted by atomic mass is 16.5. The van der Waals surface area contributed by atoms with Crippen LogP contribution in [0.4, 0.5) is 11.4 Å². The molecule has 144 valence electrons. The Bertz CT molecular complexity index is 910. The van der Waals surface area contributed by atoms with Crippen molar-refractivity contribution in [3.8, 4) is 0 Å². The van der Waals surface area contributed by atoms with Crippen LogP contribution in [0.5, 0.6) is 0 Å². The summed E-state index contributed by atoms with van der Waals surface area (Å²) in [6.07, 6.45) is 11.6. The molecule has 3 rings (SSSR count). The second-order valence-corrected chi connectivity index (χ2v) is 7.83. The van der Waals surface area contributed by atoms with Crippen LogP contribution in [0.15, 0.2) is 102 Å². The van der Waals surface area contributed by atoms with Gasteiger partial charge in [-0.1, -0.05) is 68.5 Å². The molecular weight excluding hydrogens is 342 g/mol. The van der Waals surface area contributed by atoms with Crippen molar-refractivity contribution in [2.24, 2.45) is 0 Å². The number of para-hydroxylation sites is 2. The van der Waals surface area contributed by atoms with Gasteiger partial charge in [-0.25, -0.2) is 0 Å². The molecule has 2 aromatic rings. The van der Waals surface area contributed by atoms with Gasteiger partial charge in [0, 0.05) is 11.4 Å². The van der Waals surface area contributed by atoms with Gasteiger partial charge in [0.05, 0.1) is 0 Å². The molecular formula is C26H29NO. The normalized spacial score (nSPS) is 14.4. The van der Waals surface area contributed by atoms with Gasteiger partial charge in [-0.2, -0.15) is 0 Å². The van der Waals surface area contributed by atoms with Gasteiger partial charge in [0.25, 0.3) is 0 Å². The molecule has 0 radical (unpaired) electrons. The summed E-state index contributed by atoms with van der Waals surface area (Å²) in [6.45, 7) is 8.54. The predicted molar refractivity (Wildman–Crippen MR) is 120 cm³/mol. The fourth-order valence-corrected chi connectivity index (χ4v) is 3.43. The maximum Gasteiger partial charge on any atom is 0.101 e. The lowest BCUT2D eigenvalue weighted by molar-refractivity contribution is 0.304. The van der Waals surface area contributed by atoms with Gasteiger partial charge >= 0.3 is 0 Å². The maximum atomic E-state index is 5.55. The quantitative estimate of drug-likeness (QED) is 0.570. The summed E-state index contributed by atoms with van der Waals surface area (Å²) in [7, 11) is 0. The zero-order valence-electron chi connectivity index (χ0n) is 17.2. The molecule has 0 saturated carbocycles. The van der Waals surface area contributed by atoms with Crippen LogP contribution < -0.4 is 5.32 Å². The Morgan fingerprint density at radius 2 is 1.54 bits per heavy atom. The van der Waals surface area contributed by atoms with E-state index in [2.05, 4.69) is 98.1 Å². The maximum absolute atomic E-state index is 5.55. The van der Waals surface area contributed by atoms with E-state index < -0.39 is 0 Å². The topological polar surface area (TPSA) is 21.3 Å². The molecule has 0 fully saturated rings. The third kappa shape index (κ3) is 5.26. The van der Waals surface area contributed by atoms with Gasteiger partial charge in [-0.05, 0) is 67.2 Å². The van der Waals surface area contributed by atoms with E-state index in [0.717, 1.165) is 29.3 Å². The van der Waals surface area contributed by atoms with E-state index in [1.165, 1.54) is 11.1 Å². The average molecular weight is 372 g/mol. The minimum atomic E-state index is 0.0145. The fourth-order valence-electron chi connectivity index (χ4n) is 3.43. The molecule has 28 heavy (non-hydrogen) atoms. The van der Waals surface area contributed by atoms with Gasteiger partial charge in [0.2, 0.25) is 0 Å². The summed E-state index contributed by atoms with van der Waals surface area (Å²) >= 11 is 0. The van der Waals surface area contributed by atoms with Gasteiger partial charge in [0.1, 0.15) is 11.5 Å². The summed E-state index contributed by atoms with van der Waals surface area (Å²) in [5.74, 6) is 1.86. The van der Waals surface area contributed by atoms with Crippen molar-refractivity contribution in [2.75, 3.05) is 5.32 Å². The average Bonchev–Trinajstić information content (AvgIpc) is 2.66. The van der Waals surface area contributed by atoms with E-state index in [0.29, 0.717) is 0 Å². The molecule has 0 amide bonds. The van der Waals surface area contributed by atoms with E-state index in [4.69, 9.17) is 4.74 Å². The number of hydrogen-bond acceptors (Lipinski definition) is 2. The van der Waals surface area contributed by atoms with Gasteiger partial charge in [-0.15, -0.1) is 0 Å². The standard InChI is InChI=1S/C26H29NO/c1-20-18-22(19-21(2)28-20)12-10-11-17-26(3,4)24-15-8-9-16-25(24)27-23-13-6-5-7-14-23/h5-16,18-19,27H,17H2,1-4H3/b11-10+. The number of allylic oxidation sites excluding steroid dienone is 8. The molecule has 1 aliphatic rings. The van der Waals surface area contributed by atoms with E-state index in [9.17, 15) is 0 Å². The fraction of sp³-hybridized carbons (Fsp3) is 0.231. The Labute approximate surface area is 168 Å². The van der Waals surface area contributed by atoms with Crippen molar-refractivity contribution in [2.45, 2.75) is 39.5 Å². The minimum absolute atomic E-state index is 0.0145. The molecule has 0 atom stereocenters. The summed E-state index contributed by atoms with van der Waals surface area (Å²) in [4.78, 5) is 0. The number of anilines is 2. The molecule has 1 aliphatic heterocycles. The molecule has 0 bridgehead atoms. The first-order valence-electron chi connectivity index (χ1n) is 9.77. The van der Waals surface area contributed by atoms with Crippen LogP contribution in [0.2, 0.25) is 0 Å². The van der Waals surface area contributed by atoms with Crippen LogP contribution in [0.3, 0.4) is 0 Å². The van der Waals surface area contributed by atoms with Gasteiger partial charge in [0.15, 0.2) is 0 Å². The Balaban J connectivity index is 1.74. The number of ether oxygens (including phenoxy) is 1. The highest BCUT2D eigenvalue weighted by Gasteiger charge is 2.22. The number of benzene rings is 2. The summed E-state index contributed by atoms with van der Waals surface area (Å²) < 4.78 is 5.55. The molecule has 2 nitrogen and oxygen atoms in total. The minimum Gasteiger partial charge on any atom is -0.467 e. The third-order valence-electron chi connectivity index (χ3n) is 4.82.